The fourth-order valence-electron chi connectivity index (χ4n) is 3.44. The minimum Gasteiger partial charge on any atom is -0.450 e. The molecule has 0 saturated heterocycles. The molecular formula is C20H11FN2O3S. The van der Waals surface area contributed by atoms with E-state index in [1.165, 1.54) is 22.3 Å². The molecule has 0 spiro atoms. The summed E-state index contributed by atoms with van der Waals surface area (Å²) < 4.78 is 20.4. The first-order valence-electron chi connectivity index (χ1n) is 8.20. The number of nitrogens with zero attached hydrogens (tertiary/aromatic N) is 2. The predicted molar refractivity (Wildman–Crippen MR) is 99.7 cm³/mol. The number of rotatable bonds is 2. The first kappa shape index (κ1) is 15.9. The van der Waals surface area contributed by atoms with Crippen molar-refractivity contribution in [1.29, 1.82) is 0 Å². The molecule has 1 aliphatic rings. The number of aromatic nitrogens is 1. The van der Waals surface area contributed by atoms with Gasteiger partial charge in [-0.1, -0.05) is 30.3 Å². The third-order valence-corrected chi connectivity index (χ3v) is 5.37. The molecule has 7 heteroatoms. The smallest absolute Gasteiger partial charge is 0.297 e. The van der Waals surface area contributed by atoms with Crippen LogP contribution in [-0.2, 0) is 0 Å². The molecule has 1 amide bonds. The number of benzene rings is 2. The largest absolute Gasteiger partial charge is 0.450 e. The first-order valence-corrected chi connectivity index (χ1v) is 9.08. The van der Waals surface area contributed by atoms with Gasteiger partial charge in [0.25, 0.3) is 5.91 Å². The van der Waals surface area contributed by atoms with Gasteiger partial charge in [-0.25, -0.2) is 9.37 Å². The van der Waals surface area contributed by atoms with Crippen molar-refractivity contribution in [3.8, 4) is 0 Å². The quantitative estimate of drug-likeness (QED) is 0.526. The summed E-state index contributed by atoms with van der Waals surface area (Å²) >= 11 is 1.24. The molecule has 0 radical (unpaired) electrons. The van der Waals surface area contributed by atoms with Crippen LogP contribution in [-0.4, -0.2) is 10.9 Å². The number of carbonyl (C=O) groups excluding carboxylic acids is 1. The zero-order valence-electron chi connectivity index (χ0n) is 13.8. The van der Waals surface area contributed by atoms with Gasteiger partial charge in [-0.3, -0.25) is 14.5 Å². The Morgan fingerprint density at radius 2 is 1.85 bits per heavy atom. The lowest BCUT2D eigenvalue weighted by molar-refractivity contribution is 0.0970. The van der Waals surface area contributed by atoms with Gasteiger partial charge in [0.2, 0.25) is 5.76 Å². The molecule has 3 heterocycles. The molecule has 5 nitrogen and oxygen atoms in total. The van der Waals surface area contributed by atoms with E-state index in [1.807, 2.05) is 0 Å². The summed E-state index contributed by atoms with van der Waals surface area (Å²) in [5.41, 5.74) is 0.344. The van der Waals surface area contributed by atoms with Crippen LogP contribution in [0.4, 0.5) is 9.52 Å². The van der Waals surface area contributed by atoms with Crippen molar-refractivity contribution >= 4 is 33.3 Å². The molecule has 0 N–H and O–H groups in total. The highest BCUT2D eigenvalue weighted by molar-refractivity contribution is 7.13. The molecule has 27 heavy (non-hydrogen) atoms. The van der Waals surface area contributed by atoms with Crippen LogP contribution >= 0.6 is 11.3 Å². The lowest BCUT2D eigenvalue weighted by Crippen LogP contribution is -2.29. The van der Waals surface area contributed by atoms with Crippen LogP contribution in [0.3, 0.4) is 0 Å². The Labute approximate surface area is 156 Å². The number of amides is 1. The monoisotopic (exact) mass is 378 g/mol. The topological polar surface area (TPSA) is 63.4 Å². The Balaban J connectivity index is 1.87. The molecule has 0 saturated carbocycles. The number of hydrogen-bond donors (Lipinski definition) is 0. The van der Waals surface area contributed by atoms with Crippen LogP contribution in [0, 0.1) is 5.82 Å². The molecule has 1 aliphatic heterocycles. The maximum Gasteiger partial charge on any atom is 0.297 e. The van der Waals surface area contributed by atoms with Gasteiger partial charge in [0.05, 0.1) is 10.9 Å². The van der Waals surface area contributed by atoms with Gasteiger partial charge in [0, 0.05) is 17.1 Å². The van der Waals surface area contributed by atoms with Crippen LogP contribution < -0.4 is 10.3 Å². The van der Waals surface area contributed by atoms with Crippen LogP contribution in [0.2, 0.25) is 0 Å². The second-order valence-electron chi connectivity index (χ2n) is 6.08. The summed E-state index contributed by atoms with van der Waals surface area (Å²) in [7, 11) is 0. The second-order valence-corrected chi connectivity index (χ2v) is 6.96. The van der Waals surface area contributed by atoms with E-state index in [2.05, 4.69) is 4.98 Å². The number of thiazole rings is 1. The lowest BCUT2D eigenvalue weighted by atomic mass is 9.98. The van der Waals surface area contributed by atoms with Crippen molar-refractivity contribution in [3.05, 3.63) is 93.0 Å². The Morgan fingerprint density at radius 3 is 2.63 bits per heavy atom. The highest BCUT2D eigenvalue weighted by atomic mass is 32.1. The summed E-state index contributed by atoms with van der Waals surface area (Å²) in [6, 6.07) is 11.9. The fraction of sp³-hybridized carbons (Fsp3) is 0.0500. The Morgan fingerprint density at radius 1 is 1.07 bits per heavy atom. The highest BCUT2D eigenvalue weighted by Crippen LogP contribution is 2.42. The summed E-state index contributed by atoms with van der Waals surface area (Å²) in [5.74, 6) is -1.07. The van der Waals surface area contributed by atoms with E-state index in [9.17, 15) is 14.0 Å². The minimum absolute atomic E-state index is 0.0675. The summed E-state index contributed by atoms with van der Waals surface area (Å²) in [4.78, 5) is 31.8. The number of para-hydroxylation sites is 1. The maximum absolute atomic E-state index is 14.6. The van der Waals surface area contributed by atoms with Gasteiger partial charge < -0.3 is 4.42 Å². The molecule has 0 bridgehead atoms. The summed E-state index contributed by atoms with van der Waals surface area (Å²) in [6.07, 6.45) is 1.56. The average molecular weight is 378 g/mol. The van der Waals surface area contributed by atoms with E-state index >= 15 is 0 Å². The zero-order chi connectivity index (χ0) is 18.5. The van der Waals surface area contributed by atoms with Gasteiger partial charge in [0.15, 0.2) is 10.6 Å². The van der Waals surface area contributed by atoms with Gasteiger partial charge in [-0.2, -0.15) is 0 Å². The van der Waals surface area contributed by atoms with Crippen LogP contribution in [0.5, 0.6) is 0 Å². The molecule has 5 rings (SSSR count). The predicted octanol–water partition coefficient (Wildman–Crippen LogP) is 4.14. The number of hydrogen-bond acceptors (Lipinski definition) is 5. The SMILES string of the molecule is O=C1c2oc3ccccc3c(=O)c2[C@H](c2ccccc2F)N1c1nccs1. The average Bonchev–Trinajstić information content (AvgIpc) is 3.29. The molecule has 0 unspecified atom stereocenters. The molecule has 1 atom stereocenters. The van der Waals surface area contributed by atoms with Gasteiger partial charge >= 0.3 is 0 Å². The second kappa shape index (κ2) is 5.85. The molecule has 132 valence electrons. The molecule has 4 aromatic rings. The summed E-state index contributed by atoms with van der Waals surface area (Å²) in [6.45, 7) is 0. The molecule has 2 aromatic carbocycles. The van der Waals surface area contributed by atoms with Gasteiger partial charge in [-0.15, -0.1) is 11.3 Å². The minimum atomic E-state index is -0.930. The maximum atomic E-state index is 14.6. The fourth-order valence-corrected chi connectivity index (χ4v) is 4.11. The Hall–Kier alpha value is -3.32. The van der Waals surface area contributed by atoms with E-state index in [4.69, 9.17) is 4.42 Å². The number of carbonyl (C=O) groups is 1. The van der Waals surface area contributed by atoms with E-state index in [0.29, 0.717) is 16.1 Å². The standard InChI is InChI=1S/C20H11FN2O3S/c21-13-7-3-1-5-11(13)16-15-17(24)12-6-2-4-8-14(12)26-18(15)19(25)23(16)20-22-9-10-27-20/h1-10,16H/t16-/m0/s1. The van der Waals surface area contributed by atoms with Crippen LogP contribution in [0.15, 0.2) is 69.3 Å². The molecule has 0 aliphatic carbocycles. The van der Waals surface area contributed by atoms with Crippen molar-refractivity contribution in [2.45, 2.75) is 6.04 Å². The molecule has 0 fully saturated rings. The molecule has 2 aromatic heterocycles. The van der Waals surface area contributed by atoms with Gasteiger partial charge in [0.1, 0.15) is 17.4 Å². The zero-order valence-corrected chi connectivity index (χ0v) is 14.6. The third-order valence-electron chi connectivity index (χ3n) is 4.60. The number of halogens is 1. The van der Waals surface area contributed by atoms with Crippen molar-refractivity contribution in [2.75, 3.05) is 4.90 Å². The summed E-state index contributed by atoms with van der Waals surface area (Å²) in [5, 5.41) is 2.45. The first-order chi connectivity index (χ1) is 13.2. The van der Waals surface area contributed by atoms with Crippen molar-refractivity contribution < 1.29 is 13.6 Å². The van der Waals surface area contributed by atoms with Crippen molar-refractivity contribution in [3.63, 3.8) is 0 Å². The Kier molecular flexibility index (Phi) is 3.45. The number of fused-ring (bicyclic) bond motifs is 2. The normalized spacial score (nSPS) is 16.1. The van der Waals surface area contributed by atoms with Crippen molar-refractivity contribution in [1.82, 2.24) is 4.98 Å². The van der Waals surface area contributed by atoms with E-state index in [1.54, 1.807) is 54.0 Å². The number of anilines is 1. The molecular weight excluding hydrogens is 367 g/mol. The van der Waals surface area contributed by atoms with Gasteiger partial charge in [-0.05, 0) is 18.2 Å². The van der Waals surface area contributed by atoms with E-state index < -0.39 is 17.8 Å². The van der Waals surface area contributed by atoms with E-state index in [0.717, 1.165) is 0 Å². The Bertz CT molecular complexity index is 1250. The van der Waals surface area contributed by atoms with Crippen LogP contribution in [0.25, 0.3) is 11.0 Å². The van der Waals surface area contributed by atoms with Crippen molar-refractivity contribution in [2.24, 2.45) is 0 Å². The third kappa shape index (κ3) is 2.25. The highest BCUT2D eigenvalue weighted by Gasteiger charge is 2.45. The lowest BCUT2D eigenvalue weighted by Gasteiger charge is -2.22. The van der Waals surface area contributed by atoms with E-state index in [-0.39, 0.29) is 22.3 Å². The van der Waals surface area contributed by atoms with Crippen LogP contribution in [0.1, 0.15) is 27.7 Å².